The van der Waals surface area contributed by atoms with Crippen LogP contribution in [-0.2, 0) is 11.8 Å². The first kappa shape index (κ1) is 24.0. The molecule has 0 spiro atoms. The van der Waals surface area contributed by atoms with Crippen molar-refractivity contribution in [1.29, 1.82) is 0 Å². The first-order valence-electron chi connectivity index (χ1n) is 11.7. The molecule has 172 valence electrons. The second-order valence-corrected chi connectivity index (χ2v) is 18.7. The molecule has 1 atom stereocenters. The summed E-state index contributed by atoms with van der Waals surface area (Å²) < 4.78 is -0.290. The van der Waals surface area contributed by atoms with Crippen LogP contribution in [0.15, 0.2) is 152 Å². The maximum Gasteiger partial charge on any atom is 0.172 e. The standard InChI is InChI=1S/C31H26ClPSSi/c32-31(33(34,26-16-6-1-7-17-26)27-18-8-2-9-19-27)35(28-20-10-3-11-21-28,29-22-12-4-13-23-29)30-24-14-5-15-25-30/h1-25,31H/t31-/m0/s1. The Morgan fingerprint density at radius 3 is 1.00 bits per heavy atom. The molecule has 5 aromatic carbocycles. The van der Waals surface area contributed by atoms with Crippen molar-refractivity contribution in [3.63, 3.8) is 0 Å². The average molecular weight is 525 g/mol. The Kier molecular flexibility index (Phi) is 7.18. The van der Waals surface area contributed by atoms with Gasteiger partial charge in [0.05, 0.1) is 4.74 Å². The lowest BCUT2D eigenvalue weighted by Gasteiger charge is -2.43. The van der Waals surface area contributed by atoms with Gasteiger partial charge < -0.3 is 0 Å². The van der Waals surface area contributed by atoms with Crippen molar-refractivity contribution in [1.82, 2.24) is 0 Å². The second kappa shape index (κ2) is 10.5. The highest BCUT2D eigenvalue weighted by atomic mass is 35.5. The van der Waals surface area contributed by atoms with Crippen LogP contribution in [0.4, 0.5) is 0 Å². The van der Waals surface area contributed by atoms with Gasteiger partial charge in [-0.1, -0.05) is 163 Å². The van der Waals surface area contributed by atoms with Gasteiger partial charge in [-0.3, -0.25) is 0 Å². The number of hydrogen-bond donors (Lipinski definition) is 0. The van der Waals surface area contributed by atoms with E-state index in [1.807, 2.05) is 12.1 Å². The molecule has 0 aliphatic heterocycles. The Bertz CT molecular complexity index is 1270. The lowest BCUT2D eigenvalue weighted by atomic mass is 10.3. The van der Waals surface area contributed by atoms with Gasteiger partial charge in [0.25, 0.3) is 0 Å². The summed E-state index contributed by atoms with van der Waals surface area (Å²) in [6.45, 7) is 0. The monoisotopic (exact) mass is 524 g/mol. The molecular weight excluding hydrogens is 499 g/mol. The van der Waals surface area contributed by atoms with Crippen LogP contribution in [0.1, 0.15) is 0 Å². The van der Waals surface area contributed by atoms with Crippen molar-refractivity contribution < 1.29 is 0 Å². The maximum absolute atomic E-state index is 7.99. The second-order valence-electron chi connectivity index (χ2n) is 8.57. The largest absolute Gasteiger partial charge is 0.172 e. The third-order valence-corrected chi connectivity index (χ3v) is 20.8. The van der Waals surface area contributed by atoms with E-state index in [-0.39, 0.29) is 4.74 Å². The number of rotatable bonds is 7. The van der Waals surface area contributed by atoms with E-state index < -0.39 is 14.1 Å². The average Bonchev–Trinajstić information content (AvgIpc) is 2.96. The van der Waals surface area contributed by atoms with Crippen LogP contribution < -0.4 is 26.2 Å². The molecule has 0 heterocycles. The minimum atomic E-state index is -2.82. The lowest BCUT2D eigenvalue weighted by Crippen LogP contribution is -2.73. The Morgan fingerprint density at radius 2 is 0.714 bits per heavy atom. The molecule has 0 saturated heterocycles. The van der Waals surface area contributed by atoms with Crippen molar-refractivity contribution in [2.75, 3.05) is 0 Å². The van der Waals surface area contributed by atoms with Gasteiger partial charge in [0.1, 0.15) is 0 Å². The smallest absolute Gasteiger partial charge is 0.119 e. The van der Waals surface area contributed by atoms with E-state index in [0.29, 0.717) is 0 Å². The van der Waals surface area contributed by atoms with Crippen LogP contribution in [0.25, 0.3) is 0 Å². The van der Waals surface area contributed by atoms with Crippen LogP contribution in [-0.4, -0.2) is 12.8 Å². The van der Waals surface area contributed by atoms with Gasteiger partial charge in [0, 0.05) is 6.04 Å². The summed E-state index contributed by atoms with van der Waals surface area (Å²) in [5, 5.41) is 6.14. The summed E-state index contributed by atoms with van der Waals surface area (Å²) in [6.07, 6.45) is 0. The molecular formula is C31H26ClPSSi. The van der Waals surface area contributed by atoms with Gasteiger partial charge in [0.2, 0.25) is 0 Å². The third kappa shape index (κ3) is 4.26. The molecule has 0 unspecified atom stereocenters. The highest BCUT2D eigenvalue weighted by Crippen LogP contribution is 2.54. The Morgan fingerprint density at radius 1 is 0.457 bits per heavy atom. The lowest BCUT2D eigenvalue weighted by molar-refractivity contribution is 1.60. The van der Waals surface area contributed by atoms with Crippen molar-refractivity contribution in [3.05, 3.63) is 152 Å². The van der Waals surface area contributed by atoms with E-state index in [1.165, 1.54) is 15.6 Å². The van der Waals surface area contributed by atoms with Crippen molar-refractivity contribution in [2.24, 2.45) is 0 Å². The molecule has 0 radical (unpaired) electrons. The van der Waals surface area contributed by atoms with Gasteiger partial charge >= 0.3 is 0 Å². The van der Waals surface area contributed by atoms with Gasteiger partial charge in [0.15, 0.2) is 8.07 Å². The molecule has 0 N–H and O–H groups in total. The molecule has 4 heteroatoms. The van der Waals surface area contributed by atoms with Crippen LogP contribution in [0.5, 0.6) is 0 Å². The predicted molar refractivity (Wildman–Crippen MR) is 160 cm³/mol. The van der Waals surface area contributed by atoms with Gasteiger partial charge in [-0.15, -0.1) is 11.6 Å². The van der Waals surface area contributed by atoms with E-state index in [1.54, 1.807) is 0 Å². The van der Waals surface area contributed by atoms with Crippen LogP contribution in [0.2, 0.25) is 0 Å². The number of benzene rings is 5. The molecule has 0 bridgehead atoms. The highest BCUT2D eigenvalue weighted by molar-refractivity contribution is 8.23. The Balaban J connectivity index is 1.90. The minimum absolute atomic E-state index is 0.290. The summed E-state index contributed by atoms with van der Waals surface area (Å²) >= 11 is 14.8. The number of alkyl halides is 1. The Labute approximate surface area is 219 Å². The summed E-state index contributed by atoms with van der Waals surface area (Å²) in [5.74, 6) is 0. The normalized spacial score (nSPS) is 12.7. The van der Waals surface area contributed by atoms with E-state index in [2.05, 4.69) is 140 Å². The van der Waals surface area contributed by atoms with Gasteiger partial charge in [-0.2, -0.15) is 0 Å². The molecule has 0 nitrogen and oxygen atoms in total. The minimum Gasteiger partial charge on any atom is -0.119 e. The molecule has 5 aromatic rings. The third-order valence-electron chi connectivity index (χ3n) is 6.64. The van der Waals surface area contributed by atoms with E-state index in [0.717, 1.165) is 10.6 Å². The quantitative estimate of drug-likeness (QED) is 0.119. The van der Waals surface area contributed by atoms with Crippen molar-refractivity contribution >= 4 is 63.7 Å². The zero-order valence-electron chi connectivity index (χ0n) is 19.2. The molecule has 0 fully saturated rings. The number of halogens is 1. The van der Waals surface area contributed by atoms with Crippen LogP contribution >= 0.6 is 17.6 Å². The van der Waals surface area contributed by atoms with E-state index in [4.69, 9.17) is 23.4 Å². The highest BCUT2D eigenvalue weighted by Gasteiger charge is 2.52. The van der Waals surface area contributed by atoms with Crippen LogP contribution in [0, 0.1) is 0 Å². The zero-order valence-corrected chi connectivity index (χ0v) is 22.7. The van der Waals surface area contributed by atoms with Gasteiger partial charge in [-0.05, 0) is 26.2 Å². The first-order valence-corrected chi connectivity index (χ1v) is 17.1. The van der Waals surface area contributed by atoms with Crippen molar-refractivity contribution in [3.8, 4) is 0 Å². The molecule has 35 heavy (non-hydrogen) atoms. The maximum atomic E-state index is 7.99. The predicted octanol–water partition coefficient (Wildman–Crippen LogP) is 5.39. The van der Waals surface area contributed by atoms with Crippen LogP contribution in [0.3, 0.4) is 0 Å². The summed E-state index contributed by atoms with van der Waals surface area (Å²) in [6, 6.07) is 51.1. The summed E-state index contributed by atoms with van der Waals surface area (Å²) in [7, 11) is -2.82. The summed E-state index contributed by atoms with van der Waals surface area (Å²) in [5.41, 5.74) is 0. The molecule has 0 amide bonds. The fraction of sp³-hybridized carbons (Fsp3) is 0.0323. The first-order chi connectivity index (χ1) is 17.2. The molecule has 0 aliphatic carbocycles. The molecule has 0 saturated carbocycles. The molecule has 5 rings (SSSR count). The fourth-order valence-corrected chi connectivity index (χ4v) is 19.4. The topological polar surface area (TPSA) is 0 Å². The van der Waals surface area contributed by atoms with Crippen molar-refractivity contribution in [2.45, 2.75) is 4.74 Å². The molecule has 0 aliphatic rings. The number of hydrogen-bond acceptors (Lipinski definition) is 1. The Hall–Kier alpha value is -2.74. The molecule has 0 aromatic heterocycles. The summed E-state index contributed by atoms with van der Waals surface area (Å²) in [4.78, 5) is 0. The van der Waals surface area contributed by atoms with E-state index >= 15 is 0 Å². The van der Waals surface area contributed by atoms with Gasteiger partial charge in [-0.25, -0.2) is 0 Å². The SMILES string of the molecule is S=P(c1ccccc1)(c1ccccc1)[C@H](Cl)[Si](c1ccccc1)(c1ccccc1)c1ccccc1. The fourth-order valence-electron chi connectivity index (χ4n) is 5.00. The van der Waals surface area contributed by atoms with E-state index in [9.17, 15) is 0 Å². The zero-order chi connectivity index (χ0) is 24.1.